The number of hydrogen-bond donors (Lipinski definition) is 2. The highest BCUT2D eigenvalue weighted by Gasteiger charge is 2.20. The van der Waals surface area contributed by atoms with Gasteiger partial charge in [-0.05, 0) is 25.0 Å². The molecule has 8 nitrogen and oxygen atoms in total. The van der Waals surface area contributed by atoms with Crippen molar-refractivity contribution in [2.45, 2.75) is 19.3 Å². The lowest BCUT2D eigenvalue weighted by molar-refractivity contribution is -0.127. The Morgan fingerprint density at radius 3 is 2.59 bits per heavy atom. The molecule has 0 radical (unpaired) electrons. The van der Waals surface area contributed by atoms with Crippen LogP contribution in [0, 0.1) is 0 Å². The Bertz CT molecular complexity index is 825. The fourth-order valence-corrected chi connectivity index (χ4v) is 2.86. The van der Waals surface area contributed by atoms with E-state index in [9.17, 15) is 14.4 Å². The van der Waals surface area contributed by atoms with Gasteiger partial charge in [0.05, 0.1) is 0 Å². The van der Waals surface area contributed by atoms with Crippen LogP contribution in [0.5, 0.6) is 0 Å². The molecule has 0 spiro atoms. The molecular formula is C19H21N5O3. The normalized spacial score (nSPS) is 13.5. The van der Waals surface area contributed by atoms with Gasteiger partial charge in [-0.15, -0.1) is 0 Å². The fourth-order valence-electron chi connectivity index (χ4n) is 2.86. The van der Waals surface area contributed by atoms with Gasteiger partial charge in [0, 0.05) is 44.0 Å². The number of rotatable bonds is 7. The molecule has 1 aliphatic heterocycles. The van der Waals surface area contributed by atoms with Gasteiger partial charge in [-0.2, -0.15) is 0 Å². The topological polar surface area (TPSA) is 104 Å². The molecule has 0 saturated carbocycles. The Kier molecular flexibility index (Phi) is 6.09. The molecule has 0 aliphatic carbocycles. The summed E-state index contributed by atoms with van der Waals surface area (Å²) in [4.78, 5) is 46.1. The predicted molar refractivity (Wildman–Crippen MR) is 99.2 cm³/mol. The highest BCUT2D eigenvalue weighted by Crippen LogP contribution is 2.11. The van der Waals surface area contributed by atoms with Gasteiger partial charge >= 0.3 is 0 Å². The maximum Gasteiger partial charge on any atom is 0.273 e. The van der Waals surface area contributed by atoms with Gasteiger partial charge in [0.2, 0.25) is 5.91 Å². The molecule has 8 heteroatoms. The summed E-state index contributed by atoms with van der Waals surface area (Å²) in [7, 11) is 0. The van der Waals surface area contributed by atoms with Crippen molar-refractivity contribution in [2.75, 3.05) is 25.0 Å². The molecule has 0 bridgehead atoms. The maximum absolute atomic E-state index is 12.4. The Balaban J connectivity index is 1.55. The van der Waals surface area contributed by atoms with Gasteiger partial charge in [-0.25, -0.2) is 9.97 Å². The minimum absolute atomic E-state index is 0.0547. The number of carbonyl (C=O) groups excluding carboxylic acids is 3. The molecule has 1 saturated heterocycles. The molecule has 0 atom stereocenters. The second kappa shape index (κ2) is 8.88. The number of anilines is 1. The van der Waals surface area contributed by atoms with Crippen molar-refractivity contribution >= 4 is 23.5 Å². The summed E-state index contributed by atoms with van der Waals surface area (Å²) in [6.07, 6.45) is 4.97. The number of benzene rings is 1. The number of nitrogens with zero attached hydrogens (tertiary/aromatic N) is 3. The quantitative estimate of drug-likeness (QED) is 0.721. The molecule has 3 amide bonds. The summed E-state index contributed by atoms with van der Waals surface area (Å²) in [5.41, 5.74) is 0.517. The molecule has 2 heterocycles. The van der Waals surface area contributed by atoms with Crippen LogP contribution < -0.4 is 10.6 Å². The number of nitrogens with one attached hydrogen (secondary N) is 2. The van der Waals surface area contributed by atoms with Gasteiger partial charge in [0.25, 0.3) is 11.8 Å². The van der Waals surface area contributed by atoms with E-state index < -0.39 is 5.91 Å². The smallest absolute Gasteiger partial charge is 0.273 e. The second-order valence-electron chi connectivity index (χ2n) is 6.17. The largest absolute Gasteiger partial charge is 0.351 e. The number of likely N-dealkylation sites (tertiary alicyclic amines) is 1. The van der Waals surface area contributed by atoms with Crippen molar-refractivity contribution in [2.24, 2.45) is 0 Å². The number of amides is 3. The first-order valence-corrected chi connectivity index (χ1v) is 8.88. The first kappa shape index (κ1) is 18.5. The van der Waals surface area contributed by atoms with E-state index in [1.54, 1.807) is 29.2 Å². The molecule has 2 aromatic rings. The molecule has 1 aromatic heterocycles. The van der Waals surface area contributed by atoms with Crippen LogP contribution in [0.1, 0.15) is 40.1 Å². The van der Waals surface area contributed by atoms with E-state index in [-0.39, 0.29) is 23.3 Å². The standard InChI is InChI=1S/C19H21N5O3/c25-15-8-4-12-24(15)13-5-9-22-19(27)16-17(21-11-10-20-16)23-18(26)14-6-2-1-3-7-14/h1-3,6-7,10-11H,4-5,8-9,12-13H2,(H,22,27)(H,21,23,26). The van der Waals surface area contributed by atoms with E-state index in [1.807, 2.05) is 6.07 Å². The van der Waals surface area contributed by atoms with E-state index in [4.69, 9.17) is 0 Å². The Labute approximate surface area is 157 Å². The average Bonchev–Trinajstić information content (AvgIpc) is 3.11. The lowest BCUT2D eigenvalue weighted by atomic mass is 10.2. The minimum Gasteiger partial charge on any atom is -0.351 e. The third-order valence-corrected chi connectivity index (χ3v) is 4.24. The van der Waals surface area contributed by atoms with Gasteiger partial charge in [-0.1, -0.05) is 18.2 Å². The second-order valence-corrected chi connectivity index (χ2v) is 6.17. The number of hydrogen-bond acceptors (Lipinski definition) is 5. The Hall–Kier alpha value is -3.29. The molecule has 2 N–H and O–H groups in total. The lowest BCUT2D eigenvalue weighted by Crippen LogP contribution is -2.31. The summed E-state index contributed by atoms with van der Waals surface area (Å²) >= 11 is 0. The van der Waals surface area contributed by atoms with Gasteiger partial charge in [-0.3, -0.25) is 14.4 Å². The van der Waals surface area contributed by atoms with E-state index >= 15 is 0 Å². The van der Waals surface area contributed by atoms with Crippen LogP contribution in [0.2, 0.25) is 0 Å². The maximum atomic E-state index is 12.4. The van der Waals surface area contributed by atoms with Crippen molar-refractivity contribution < 1.29 is 14.4 Å². The predicted octanol–water partition coefficient (Wildman–Crippen LogP) is 1.47. The minimum atomic E-state index is -0.417. The van der Waals surface area contributed by atoms with Crippen LogP contribution in [0.15, 0.2) is 42.7 Å². The van der Waals surface area contributed by atoms with Crippen LogP contribution in [-0.4, -0.2) is 52.2 Å². The molecule has 1 fully saturated rings. The SMILES string of the molecule is O=C(Nc1nccnc1C(=O)NCCCN1CCCC1=O)c1ccccc1. The molecule has 140 valence electrons. The third-order valence-electron chi connectivity index (χ3n) is 4.24. The van der Waals surface area contributed by atoms with Crippen molar-refractivity contribution in [1.82, 2.24) is 20.2 Å². The van der Waals surface area contributed by atoms with Gasteiger partial charge < -0.3 is 15.5 Å². The van der Waals surface area contributed by atoms with Crippen molar-refractivity contribution in [3.05, 3.63) is 54.0 Å². The van der Waals surface area contributed by atoms with Gasteiger partial charge in [0.1, 0.15) is 0 Å². The van der Waals surface area contributed by atoms with Crippen molar-refractivity contribution in [3.63, 3.8) is 0 Å². The van der Waals surface area contributed by atoms with Crippen LogP contribution in [0.4, 0.5) is 5.82 Å². The lowest BCUT2D eigenvalue weighted by Gasteiger charge is -2.15. The summed E-state index contributed by atoms with van der Waals surface area (Å²) in [5.74, 6) is -0.503. The monoisotopic (exact) mass is 367 g/mol. The molecule has 1 aliphatic rings. The number of carbonyl (C=O) groups is 3. The molecule has 1 aromatic carbocycles. The molecule has 27 heavy (non-hydrogen) atoms. The first-order chi connectivity index (χ1) is 13.1. The van der Waals surface area contributed by atoms with Crippen molar-refractivity contribution in [3.8, 4) is 0 Å². The molecular weight excluding hydrogens is 346 g/mol. The summed E-state index contributed by atoms with van der Waals surface area (Å²) in [6, 6.07) is 8.67. The zero-order valence-electron chi connectivity index (χ0n) is 14.9. The van der Waals surface area contributed by atoms with Gasteiger partial charge in [0.15, 0.2) is 11.5 Å². The van der Waals surface area contributed by atoms with E-state index in [2.05, 4.69) is 20.6 Å². The van der Waals surface area contributed by atoms with Crippen LogP contribution in [-0.2, 0) is 4.79 Å². The summed E-state index contributed by atoms with van der Waals surface area (Å²) < 4.78 is 0. The van der Waals surface area contributed by atoms with E-state index in [0.717, 1.165) is 13.0 Å². The molecule has 3 rings (SSSR count). The average molecular weight is 367 g/mol. The zero-order chi connectivity index (χ0) is 19.1. The summed E-state index contributed by atoms with van der Waals surface area (Å²) in [5, 5.41) is 5.38. The number of aromatic nitrogens is 2. The van der Waals surface area contributed by atoms with E-state index in [1.165, 1.54) is 12.4 Å². The molecule has 0 unspecified atom stereocenters. The highest BCUT2D eigenvalue weighted by atomic mass is 16.2. The highest BCUT2D eigenvalue weighted by molar-refractivity contribution is 6.07. The zero-order valence-corrected chi connectivity index (χ0v) is 14.9. The van der Waals surface area contributed by atoms with Crippen LogP contribution in [0.3, 0.4) is 0 Å². The van der Waals surface area contributed by atoms with E-state index in [0.29, 0.717) is 31.5 Å². The first-order valence-electron chi connectivity index (χ1n) is 8.88. The fraction of sp³-hybridized carbons (Fsp3) is 0.316. The summed E-state index contributed by atoms with van der Waals surface area (Å²) in [6.45, 7) is 1.81. The Morgan fingerprint density at radius 1 is 1.07 bits per heavy atom. The van der Waals surface area contributed by atoms with Crippen LogP contribution in [0.25, 0.3) is 0 Å². The van der Waals surface area contributed by atoms with Crippen LogP contribution >= 0.6 is 0 Å². The van der Waals surface area contributed by atoms with Crippen molar-refractivity contribution in [1.29, 1.82) is 0 Å². The third kappa shape index (κ3) is 4.87. The Morgan fingerprint density at radius 2 is 1.85 bits per heavy atom.